The fourth-order valence-electron chi connectivity index (χ4n) is 3.19. The Kier molecular flexibility index (Phi) is 6.95. The quantitative estimate of drug-likeness (QED) is 0.360. The summed E-state index contributed by atoms with van der Waals surface area (Å²) in [6.07, 6.45) is 1.82. The Morgan fingerprint density at radius 1 is 1.18 bits per heavy atom. The van der Waals surface area contributed by atoms with Gasteiger partial charge < -0.3 is 19.5 Å². The van der Waals surface area contributed by atoms with Gasteiger partial charge in [-0.3, -0.25) is 14.5 Å². The zero-order valence-corrected chi connectivity index (χ0v) is 19.3. The van der Waals surface area contributed by atoms with Gasteiger partial charge in [0.15, 0.2) is 11.5 Å². The number of nitrogens with one attached hydrogen (secondary N) is 1. The van der Waals surface area contributed by atoms with Crippen LogP contribution >= 0.6 is 24.0 Å². The molecule has 8 nitrogen and oxygen atoms in total. The van der Waals surface area contributed by atoms with Gasteiger partial charge in [0.2, 0.25) is 12.7 Å². The number of carbonyl (C=O) groups is 3. The molecule has 0 spiro atoms. The molecular formula is C23H20N2O6S2. The Labute approximate surface area is 199 Å². The van der Waals surface area contributed by atoms with Gasteiger partial charge in [0.25, 0.3) is 5.91 Å². The number of thiocarbonyl (C=S) groups is 1. The van der Waals surface area contributed by atoms with Crippen LogP contribution in [0, 0.1) is 0 Å². The van der Waals surface area contributed by atoms with E-state index in [0.29, 0.717) is 38.6 Å². The van der Waals surface area contributed by atoms with Crippen LogP contribution in [0.3, 0.4) is 0 Å². The molecule has 2 aromatic carbocycles. The van der Waals surface area contributed by atoms with E-state index in [1.807, 2.05) is 6.07 Å². The van der Waals surface area contributed by atoms with Gasteiger partial charge >= 0.3 is 5.97 Å². The van der Waals surface area contributed by atoms with Crippen molar-refractivity contribution in [2.45, 2.75) is 13.3 Å². The van der Waals surface area contributed by atoms with Crippen LogP contribution in [-0.4, -0.2) is 46.9 Å². The van der Waals surface area contributed by atoms with Crippen LogP contribution in [0.2, 0.25) is 0 Å². The van der Waals surface area contributed by atoms with Gasteiger partial charge in [-0.2, -0.15) is 0 Å². The molecule has 33 heavy (non-hydrogen) atoms. The Balaban J connectivity index is 1.32. The van der Waals surface area contributed by atoms with E-state index in [2.05, 4.69) is 5.32 Å². The van der Waals surface area contributed by atoms with Crippen molar-refractivity contribution >= 4 is 57.8 Å². The molecule has 1 N–H and O–H groups in total. The third-order valence-electron chi connectivity index (χ3n) is 4.81. The van der Waals surface area contributed by atoms with Crippen molar-refractivity contribution in [2.24, 2.45) is 0 Å². The molecule has 2 heterocycles. The minimum Gasteiger partial charge on any atom is -0.462 e. The van der Waals surface area contributed by atoms with E-state index in [4.69, 9.17) is 26.4 Å². The van der Waals surface area contributed by atoms with Crippen molar-refractivity contribution in [3.8, 4) is 11.5 Å². The van der Waals surface area contributed by atoms with E-state index in [9.17, 15) is 14.4 Å². The number of thioether (sulfide) groups is 1. The van der Waals surface area contributed by atoms with Crippen LogP contribution in [0.5, 0.6) is 11.5 Å². The largest absolute Gasteiger partial charge is 0.462 e. The third-order valence-corrected chi connectivity index (χ3v) is 6.19. The minimum absolute atomic E-state index is 0.0728. The number of esters is 1. The molecule has 4 rings (SSSR count). The highest BCUT2D eigenvalue weighted by molar-refractivity contribution is 8.26. The van der Waals surface area contributed by atoms with Gasteiger partial charge in [0, 0.05) is 18.7 Å². The van der Waals surface area contributed by atoms with Crippen LogP contribution in [0.15, 0.2) is 47.4 Å². The summed E-state index contributed by atoms with van der Waals surface area (Å²) in [5.74, 6) is 0.368. The predicted molar refractivity (Wildman–Crippen MR) is 128 cm³/mol. The fraction of sp³-hybridized carbons (Fsp3) is 0.217. The Hall–Kier alpha value is -3.37. The molecule has 0 aromatic heterocycles. The monoisotopic (exact) mass is 484 g/mol. The first-order valence-corrected chi connectivity index (χ1v) is 11.4. The van der Waals surface area contributed by atoms with E-state index >= 15 is 0 Å². The van der Waals surface area contributed by atoms with Gasteiger partial charge in [-0.1, -0.05) is 30.0 Å². The number of amides is 2. The second-order valence-corrected chi connectivity index (χ2v) is 8.72. The summed E-state index contributed by atoms with van der Waals surface area (Å²) in [7, 11) is 0. The van der Waals surface area contributed by atoms with Crippen LogP contribution in [0.1, 0.15) is 29.3 Å². The number of rotatable bonds is 7. The average Bonchev–Trinajstić information content (AvgIpc) is 3.37. The molecule has 2 aromatic rings. The number of benzene rings is 2. The van der Waals surface area contributed by atoms with Gasteiger partial charge in [-0.05, 0) is 55.0 Å². The number of ether oxygens (including phenoxy) is 3. The number of hydrogen-bond acceptors (Lipinski definition) is 8. The molecule has 2 aliphatic rings. The lowest BCUT2D eigenvalue weighted by Crippen LogP contribution is -2.31. The van der Waals surface area contributed by atoms with Gasteiger partial charge in [0.05, 0.1) is 17.1 Å². The number of fused-ring (bicyclic) bond motifs is 1. The molecule has 1 saturated heterocycles. The number of carbonyl (C=O) groups excluding carboxylic acids is 3. The smallest absolute Gasteiger partial charge is 0.338 e. The molecule has 0 radical (unpaired) electrons. The van der Waals surface area contributed by atoms with Gasteiger partial charge in [-0.25, -0.2) is 4.79 Å². The normalized spacial score (nSPS) is 15.8. The molecule has 0 saturated carbocycles. The lowest BCUT2D eigenvalue weighted by Gasteiger charge is -2.14. The molecule has 1 fully saturated rings. The summed E-state index contributed by atoms with van der Waals surface area (Å²) in [4.78, 5) is 38.8. The molecular weight excluding hydrogens is 464 g/mol. The van der Waals surface area contributed by atoms with Crippen LogP contribution in [-0.2, 0) is 14.3 Å². The minimum atomic E-state index is -0.418. The highest BCUT2D eigenvalue weighted by atomic mass is 32.2. The molecule has 0 atom stereocenters. The maximum atomic E-state index is 12.8. The summed E-state index contributed by atoms with van der Waals surface area (Å²) in [5.41, 5.74) is 1.74. The number of hydrogen-bond donors (Lipinski definition) is 1. The van der Waals surface area contributed by atoms with Crippen molar-refractivity contribution < 1.29 is 28.6 Å². The summed E-state index contributed by atoms with van der Waals surface area (Å²) >= 11 is 6.53. The van der Waals surface area contributed by atoms with Crippen LogP contribution < -0.4 is 14.8 Å². The highest BCUT2D eigenvalue weighted by Gasteiger charge is 2.32. The Bertz CT molecular complexity index is 1150. The fourth-order valence-corrected chi connectivity index (χ4v) is 4.50. The van der Waals surface area contributed by atoms with Crippen molar-refractivity contribution in [1.82, 2.24) is 4.90 Å². The highest BCUT2D eigenvalue weighted by Crippen LogP contribution is 2.36. The third kappa shape index (κ3) is 5.35. The maximum Gasteiger partial charge on any atom is 0.338 e. The zero-order valence-electron chi connectivity index (χ0n) is 17.7. The standard InChI is InChI=1S/C23H20N2O6S2/c1-2-29-22(28)15-4-6-16(7-5-15)24-20(26)9-10-25-21(27)19(33-23(25)32)12-14-3-8-17-18(11-14)31-13-30-17/h3-8,11-12H,2,9-10,13H2,1H3,(H,24,26). The van der Waals surface area contributed by atoms with Crippen molar-refractivity contribution in [3.63, 3.8) is 0 Å². The second-order valence-electron chi connectivity index (χ2n) is 7.04. The molecule has 0 unspecified atom stereocenters. The molecule has 2 aliphatic heterocycles. The SMILES string of the molecule is CCOC(=O)c1ccc(NC(=O)CCN2C(=O)C(=Cc3ccc4c(c3)OCO4)SC2=S)cc1. The lowest BCUT2D eigenvalue weighted by molar-refractivity contribution is -0.122. The van der Waals surface area contributed by atoms with Crippen molar-refractivity contribution in [2.75, 3.05) is 25.3 Å². The Morgan fingerprint density at radius 3 is 2.70 bits per heavy atom. The van der Waals surface area contributed by atoms with E-state index in [1.54, 1.807) is 49.4 Å². The van der Waals surface area contributed by atoms with E-state index in [1.165, 1.54) is 16.7 Å². The zero-order chi connectivity index (χ0) is 23.4. The Morgan fingerprint density at radius 2 is 1.94 bits per heavy atom. The first-order valence-electron chi connectivity index (χ1n) is 10.2. The van der Waals surface area contributed by atoms with Crippen LogP contribution in [0.25, 0.3) is 6.08 Å². The lowest BCUT2D eigenvalue weighted by atomic mass is 10.2. The summed E-state index contributed by atoms with van der Waals surface area (Å²) in [6, 6.07) is 11.8. The van der Waals surface area contributed by atoms with Gasteiger partial charge in [-0.15, -0.1) is 0 Å². The topological polar surface area (TPSA) is 94.2 Å². The van der Waals surface area contributed by atoms with Crippen molar-refractivity contribution in [3.05, 3.63) is 58.5 Å². The molecule has 2 amide bonds. The number of anilines is 1. The van der Waals surface area contributed by atoms with E-state index in [0.717, 1.165) is 5.56 Å². The summed E-state index contributed by atoms with van der Waals surface area (Å²) in [6.45, 7) is 2.37. The predicted octanol–water partition coefficient (Wildman–Crippen LogP) is 3.82. The summed E-state index contributed by atoms with van der Waals surface area (Å²) in [5, 5.41) is 2.75. The molecule has 170 valence electrons. The average molecular weight is 485 g/mol. The molecule has 0 bridgehead atoms. The number of nitrogens with zero attached hydrogens (tertiary/aromatic N) is 1. The first-order chi connectivity index (χ1) is 15.9. The van der Waals surface area contributed by atoms with Gasteiger partial charge in [0.1, 0.15) is 4.32 Å². The maximum absolute atomic E-state index is 12.8. The second kappa shape index (κ2) is 10.1. The van der Waals surface area contributed by atoms with Crippen molar-refractivity contribution in [1.29, 1.82) is 0 Å². The first kappa shape index (κ1) is 22.8. The summed E-state index contributed by atoms with van der Waals surface area (Å²) < 4.78 is 16.0. The molecule has 0 aliphatic carbocycles. The van der Waals surface area contributed by atoms with E-state index in [-0.39, 0.29) is 31.6 Å². The van der Waals surface area contributed by atoms with E-state index < -0.39 is 5.97 Å². The van der Waals surface area contributed by atoms with Crippen LogP contribution in [0.4, 0.5) is 5.69 Å². The molecule has 10 heteroatoms.